The van der Waals surface area contributed by atoms with Crippen molar-refractivity contribution in [3.63, 3.8) is 0 Å². The molecule has 0 aliphatic carbocycles. The molecule has 0 saturated carbocycles. The van der Waals surface area contributed by atoms with Crippen LogP contribution in [0, 0.1) is 17.5 Å². The Kier molecular flexibility index (Phi) is 9.19. The summed E-state index contributed by atoms with van der Waals surface area (Å²) in [6.45, 7) is 5.28. The van der Waals surface area contributed by atoms with Gasteiger partial charge in [-0.15, -0.1) is 0 Å². The number of carbonyl (C=O) groups is 3. The number of halogens is 3. The summed E-state index contributed by atoms with van der Waals surface area (Å²) in [4.78, 5) is 54.5. The van der Waals surface area contributed by atoms with Crippen LogP contribution in [-0.2, 0) is 16.1 Å². The molecule has 0 radical (unpaired) electrons. The number of pyridine rings is 1. The summed E-state index contributed by atoms with van der Waals surface area (Å²) in [7, 11) is 0. The van der Waals surface area contributed by atoms with Gasteiger partial charge in [0.25, 0.3) is 11.8 Å². The third-order valence-corrected chi connectivity index (χ3v) is 7.28. The Labute approximate surface area is 234 Å². The summed E-state index contributed by atoms with van der Waals surface area (Å²) in [5.41, 5.74) is -1.26. The summed E-state index contributed by atoms with van der Waals surface area (Å²) >= 11 is 0. The number of hydrogen-bond acceptors (Lipinski definition) is 6. The summed E-state index contributed by atoms with van der Waals surface area (Å²) in [6.07, 6.45) is 4.91. The predicted molar refractivity (Wildman–Crippen MR) is 142 cm³/mol. The average Bonchev–Trinajstić information content (AvgIpc) is 3.05. The second kappa shape index (κ2) is 12.6. The van der Waals surface area contributed by atoms with Crippen LogP contribution in [0.1, 0.15) is 78.9 Å². The van der Waals surface area contributed by atoms with Crippen LogP contribution in [0.5, 0.6) is 5.75 Å². The van der Waals surface area contributed by atoms with Crippen molar-refractivity contribution in [2.75, 3.05) is 19.8 Å². The lowest BCUT2D eigenvalue weighted by atomic mass is 9.99. The maximum absolute atomic E-state index is 14.2. The van der Waals surface area contributed by atoms with E-state index in [1.807, 2.05) is 13.8 Å². The molecule has 2 amide bonds. The van der Waals surface area contributed by atoms with E-state index < -0.39 is 64.4 Å². The molecule has 1 aromatic carbocycles. The molecule has 220 valence electrons. The second-order valence-electron chi connectivity index (χ2n) is 10.0. The first-order valence-electron chi connectivity index (χ1n) is 13.6. The van der Waals surface area contributed by atoms with E-state index in [4.69, 9.17) is 9.47 Å². The molecule has 41 heavy (non-hydrogen) atoms. The van der Waals surface area contributed by atoms with E-state index in [2.05, 4.69) is 5.32 Å². The van der Waals surface area contributed by atoms with Gasteiger partial charge in [0, 0.05) is 49.1 Å². The number of fused-ring (bicyclic) bond motifs is 4. The Bertz CT molecular complexity index is 1430. The van der Waals surface area contributed by atoms with E-state index in [1.165, 1.54) is 16.8 Å². The minimum Gasteiger partial charge on any atom is -0.487 e. The molecule has 12 heteroatoms. The number of aromatic nitrogens is 1. The van der Waals surface area contributed by atoms with Gasteiger partial charge in [-0.25, -0.2) is 18.0 Å². The van der Waals surface area contributed by atoms with E-state index in [-0.39, 0.29) is 37.2 Å². The van der Waals surface area contributed by atoms with Gasteiger partial charge in [-0.2, -0.15) is 0 Å². The molecular formula is C29H32F3N3O6. The van der Waals surface area contributed by atoms with E-state index >= 15 is 0 Å². The van der Waals surface area contributed by atoms with Crippen LogP contribution in [0.4, 0.5) is 13.2 Å². The zero-order valence-electron chi connectivity index (χ0n) is 23.1. The fraction of sp³-hybridized carbons (Fsp3) is 0.448. The first-order valence-corrected chi connectivity index (χ1v) is 13.6. The first kappa shape index (κ1) is 29.9. The van der Waals surface area contributed by atoms with Crippen LogP contribution in [0.25, 0.3) is 0 Å². The van der Waals surface area contributed by atoms with Crippen LogP contribution in [0.2, 0.25) is 0 Å². The SMILES string of the molecule is CCCCOc1c2n(cc(C(=O)NCc3c(F)cc(F)cc3F)c1=O)[C@@H]1CN(C2=O)[C@@H](C)CCC1=CC(=O)OCC. The largest absolute Gasteiger partial charge is 0.487 e. The molecule has 9 nitrogen and oxygen atoms in total. The Balaban J connectivity index is 1.82. The van der Waals surface area contributed by atoms with Crippen LogP contribution in [-0.4, -0.2) is 53.1 Å². The van der Waals surface area contributed by atoms with Crippen molar-refractivity contribution >= 4 is 17.8 Å². The number of hydrogen-bond donors (Lipinski definition) is 1. The zero-order chi connectivity index (χ0) is 29.8. The Morgan fingerprint density at radius 1 is 1.15 bits per heavy atom. The van der Waals surface area contributed by atoms with Crippen molar-refractivity contribution in [3.8, 4) is 5.75 Å². The van der Waals surface area contributed by atoms with Crippen molar-refractivity contribution in [3.05, 3.63) is 74.5 Å². The fourth-order valence-electron chi connectivity index (χ4n) is 5.05. The quantitative estimate of drug-likeness (QED) is 0.275. The van der Waals surface area contributed by atoms with E-state index in [1.54, 1.807) is 11.8 Å². The number of rotatable bonds is 9. The summed E-state index contributed by atoms with van der Waals surface area (Å²) in [5.74, 6) is -5.78. The van der Waals surface area contributed by atoms with Crippen LogP contribution in [0.15, 0.2) is 34.8 Å². The molecule has 2 atom stereocenters. The minimum atomic E-state index is -1.19. The highest BCUT2D eigenvalue weighted by molar-refractivity contribution is 5.99. The predicted octanol–water partition coefficient (Wildman–Crippen LogP) is 4.04. The smallest absolute Gasteiger partial charge is 0.330 e. The summed E-state index contributed by atoms with van der Waals surface area (Å²) in [5, 5.41) is 2.31. The lowest BCUT2D eigenvalue weighted by molar-refractivity contribution is -0.137. The lowest BCUT2D eigenvalue weighted by Crippen LogP contribution is -2.48. The van der Waals surface area contributed by atoms with Gasteiger partial charge in [-0.3, -0.25) is 14.4 Å². The Hall–Kier alpha value is -4.09. The molecule has 1 fully saturated rings. The third-order valence-electron chi connectivity index (χ3n) is 7.28. The number of carbonyl (C=O) groups excluding carboxylic acids is 3. The topological polar surface area (TPSA) is 107 Å². The van der Waals surface area contributed by atoms with Crippen molar-refractivity contribution in [1.82, 2.24) is 14.8 Å². The van der Waals surface area contributed by atoms with Gasteiger partial charge in [0.1, 0.15) is 23.0 Å². The first-order chi connectivity index (χ1) is 19.6. The van der Waals surface area contributed by atoms with Crippen LogP contribution >= 0.6 is 0 Å². The lowest BCUT2D eigenvalue weighted by Gasteiger charge is -2.38. The van der Waals surface area contributed by atoms with Gasteiger partial charge < -0.3 is 24.3 Å². The van der Waals surface area contributed by atoms with Gasteiger partial charge >= 0.3 is 5.97 Å². The van der Waals surface area contributed by atoms with Gasteiger partial charge in [-0.1, -0.05) is 13.3 Å². The number of nitrogens with zero attached hydrogens (tertiary/aromatic N) is 2. The molecule has 1 N–H and O–H groups in total. The molecule has 4 rings (SSSR count). The average molecular weight is 576 g/mol. The van der Waals surface area contributed by atoms with Crippen molar-refractivity contribution in [2.45, 2.75) is 65.1 Å². The Morgan fingerprint density at radius 2 is 1.85 bits per heavy atom. The monoisotopic (exact) mass is 575 g/mol. The number of benzene rings is 1. The third kappa shape index (κ3) is 6.15. The van der Waals surface area contributed by atoms with Crippen molar-refractivity contribution < 1.29 is 37.0 Å². The number of amides is 2. The molecule has 1 saturated heterocycles. The highest BCUT2D eigenvalue weighted by atomic mass is 19.1. The van der Waals surface area contributed by atoms with Gasteiger partial charge in [-0.05, 0) is 38.7 Å². The summed E-state index contributed by atoms with van der Waals surface area (Å²) < 4.78 is 54.0. The Morgan fingerprint density at radius 3 is 2.51 bits per heavy atom. The number of ether oxygens (including phenoxy) is 2. The van der Waals surface area contributed by atoms with Crippen molar-refractivity contribution in [2.24, 2.45) is 0 Å². The second-order valence-corrected chi connectivity index (χ2v) is 10.0. The van der Waals surface area contributed by atoms with Gasteiger partial charge in [0.05, 0.1) is 19.3 Å². The molecular weight excluding hydrogens is 543 g/mol. The molecule has 1 aromatic heterocycles. The molecule has 2 aliphatic heterocycles. The molecule has 2 bridgehead atoms. The van der Waals surface area contributed by atoms with Gasteiger partial charge in [0.2, 0.25) is 5.43 Å². The highest BCUT2D eigenvalue weighted by Gasteiger charge is 2.41. The number of nitrogens with one attached hydrogen (secondary N) is 1. The molecule has 3 heterocycles. The van der Waals surface area contributed by atoms with E-state index in [9.17, 15) is 32.3 Å². The van der Waals surface area contributed by atoms with Gasteiger partial charge in [0.15, 0.2) is 11.4 Å². The number of unbranched alkanes of at least 4 members (excludes halogenated alkanes) is 1. The van der Waals surface area contributed by atoms with E-state index in [0.717, 1.165) is 6.42 Å². The van der Waals surface area contributed by atoms with Crippen molar-refractivity contribution in [1.29, 1.82) is 0 Å². The molecule has 2 aromatic rings. The maximum Gasteiger partial charge on any atom is 0.330 e. The zero-order valence-corrected chi connectivity index (χ0v) is 23.1. The van der Waals surface area contributed by atoms with Crippen LogP contribution in [0.3, 0.4) is 0 Å². The van der Waals surface area contributed by atoms with E-state index in [0.29, 0.717) is 37.0 Å². The highest BCUT2D eigenvalue weighted by Crippen LogP contribution is 2.37. The standard InChI is InChI=1S/C29H32F3N3O6/c1-4-6-9-41-27-25-29(39)34-15-23(17(8-7-16(34)3)10-24(36)40-5-2)35(25)14-20(26(27)37)28(38)33-13-19-21(31)11-18(30)12-22(19)32/h10-12,14,16,23H,4-9,13,15H2,1-3H3,(H,33,38)/t16-,23+/m0/s1. The maximum atomic E-state index is 14.2. The molecule has 2 aliphatic rings. The normalized spacial score (nSPS) is 19.0. The molecule has 0 spiro atoms. The van der Waals surface area contributed by atoms with Crippen LogP contribution < -0.4 is 15.5 Å². The summed E-state index contributed by atoms with van der Waals surface area (Å²) in [6, 6.07) is 0.165. The molecule has 0 unspecified atom stereocenters. The fourth-order valence-corrected chi connectivity index (χ4v) is 5.05. The number of esters is 1. The minimum absolute atomic E-state index is 0.0435.